The number of benzene rings is 3. The van der Waals surface area contributed by atoms with Crippen LogP contribution < -0.4 is 0 Å². The number of carbonyl (C=O) groups excluding carboxylic acids is 7. The molecule has 0 saturated carbocycles. The number of rotatable bonds is 22. The third-order valence-electron chi connectivity index (χ3n) is 8.67. The first-order valence-electron chi connectivity index (χ1n) is 25.1. The molecule has 0 bridgehead atoms. The van der Waals surface area contributed by atoms with Crippen LogP contribution in [0.25, 0.3) is 0 Å². The Morgan fingerprint density at radius 3 is 0.978 bits per heavy atom. The molecule has 0 spiro atoms. The number of Topliss-reactive ketones (excluding diaryl/α,β-unsaturated/α-hetero) is 3. The van der Waals surface area contributed by atoms with Crippen molar-refractivity contribution < 1.29 is 152 Å². The van der Waals surface area contributed by atoms with E-state index in [0.29, 0.717) is 11.6 Å². The number of carbonyl (C=O) groups is 19. The summed E-state index contributed by atoms with van der Waals surface area (Å²) >= 11 is 0. The SMILES string of the molecule is CC(=O)/C=C(/C)C(=O)O.CC(=O)/C=C(\C)C(=O)O.CC(=O)/C=C/C=C/C(=O)O.CC(=O)/C=C\C(=O)O.CC(=O)C/C=C/C(=O)O.CC(=O)c1ccc(C(=O)O)cc1.CC(=O)c1ccccc1C(=O)O.O=C(O)/C=C(/CC(=O)O)C(=O)O.O=C(O)c1cccc(C(=O)O)c1. The van der Waals surface area contributed by atoms with Crippen LogP contribution in [0.3, 0.4) is 0 Å². The third-order valence-corrected chi connectivity index (χ3v) is 8.67. The Kier molecular flexibility index (Phi) is 51.4. The predicted molar refractivity (Wildman–Crippen MR) is 323 cm³/mol. The van der Waals surface area contributed by atoms with Gasteiger partial charge in [-0.15, -0.1) is 0 Å². The Balaban J connectivity index is -0.000000230. The van der Waals surface area contributed by atoms with Crippen molar-refractivity contribution in [2.24, 2.45) is 0 Å². The third kappa shape index (κ3) is 60.6. The molecule has 0 aliphatic rings. The molecule has 3 rings (SSSR count). The summed E-state index contributed by atoms with van der Waals surface area (Å²) < 4.78 is 0. The molecule has 0 amide bonds. The first-order chi connectivity index (χ1) is 42.7. The van der Waals surface area contributed by atoms with Gasteiger partial charge in [0.2, 0.25) is 0 Å². The van der Waals surface area contributed by atoms with E-state index in [9.17, 15) is 91.1 Å². The summed E-state index contributed by atoms with van der Waals surface area (Å²) in [5.74, 6) is -15.1. The topological polar surface area (TPSA) is 567 Å². The summed E-state index contributed by atoms with van der Waals surface area (Å²) in [4.78, 5) is 194. The van der Waals surface area contributed by atoms with E-state index >= 15 is 0 Å². The molecule has 3 aromatic rings. The number of aliphatic carboxylic acids is 8. The molecule has 0 aromatic heterocycles. The van der Waals surface area contributed by atoms with E-state index in [1.54, 1.807) is 12.1 Å². The fourth-order valence-corrected chi connectivity index (χ4v) is 4.69. The lowest BCUT2D eigenvalue weighted by atomic mass is 10.1. The van der Waals surface area contributed by atoms with E-state index in [1.165, 1.54) is 141 Å². The van der Waals surface area contributed by atoms with Gasteiger partial charge in [-0.1, -0.05) is 54.6 Å². The first kappa shape index (κ1) is 91.3. The highest BCUT2D eigenvalue weighted by Crippen LogP contribution is 2.09. The molecule has 0 aliphatic carbocycles. The van der Waals surface area contributed by atoms with Crippen LogP contribution >= 0.6 is 0 Å². The quantitative estimate of drug-likeness (QED) is 0.0285. The number of carboxylic acid groups (broad SMARTS) is 12. The van der Waals surface area contributed by atoms with Gasteiger partial charge in [0.15, 0.2) is 34.7 Å². The van der Waals surface area contributed by atoms with Crippen molar-refractivity contribution >= 4 is 112 Å². The molecule has 0 radical (unpaired) electrons. The van der Waals surface area contributed by atoms with Gasteiger partial charge in [-0.05, 0) is 123 Å². The molecule has 12 N–H and O–H groups in total. The minimum Gasteiger partial charge on any atom is -0.481 e. The maximum absolute atomic E-state index is 10.9. The minimum atomic E-state index is -1.54. The fraction of sp³-hybridized carbons (Fsp3) is 0.177. The van der Waals surface area contributed by atoms with Crippen LogP contribution in [0, 0.1) is 0 Å². The Morgan fingerprint density at radius 1 is 0.333 bits per heavy atom. The molecule has 0 saturated heterocycles. The monoisotopic (exact) mass is 1310 g/mol. The van der Waals surface area contributed by atoms with Gasteiger partial charge < -0.3 is 61.3 Å². The van der Waals surface area contributed by atoms with E-state index in [0.717, 1.165) is 42.5 Å². The fourth-order valence-electron chi connectivity index (χ4n) is 4.69. The highest BCUT2D eigenvalue weighted by atomic mass is 16.4. The van der Waals surface area contributed by atoms with Gasteiger partial charge in [0.1, 0.15) is 5.78 Å². The van der Waals surface area contributed by atoms with Crippen LogP contribution in [-0.4, -0.2) is 173 Å². The first-order valence-corrected chi connectivity index (χ1v) is 25.1. The smallest absolute Gasteiger partial charge is 0.336 e. The largest absolute Gasteiger partial charge is 0.481 e. The Hall–Kier alpha value is -12.8. The molecular weight excluding hydrogens is 1240 g/mol. The normalized spacial score (nSPS) is 10.1. The van der Waals surface area contributed by atoms with Crippen LogP contribution in [0.1, 0.15) is 137 Å². The Bertz CT molecular complexity index is 3260. The van der Waals surface area contributed by atoms with Gasteiger partial charge in [-0.2, -0.15) is 0 Å². The average Bonchev–Trinajstić information content (AvgIpc) is 1.03. The second kappa shape index (κ2) is 52.3. The van der Waals surface area contributed by atoms with Crippen molar-refractivity contribution in [3.63, 3.8) is 0 Å². The molecule has 3 aromatic carbocycles. The lowest BCUT2D eigenvalue weighted by molar-refractivity contribution is -0.140. The second-order valence-corrected chi connectivity index (χ2v) is 17.0. The van der Waals surface area contributed by atoms with Gasteiger partial charge in [-0.25, -0.2) is 52.7 Å². The van der Waals surface area contributed by atoms with Crippen LogP contribution in [-0.2, 0) is 62.3 Å². The number of hydrogen-bond donors (Lipinski definition) is 12. The van der Waals surface area contributed by atoms with Gasteiger partial charge in [0.05, 0.1) is 34.2 Å². The molecular formula is C62H66O31. The summed E-state index contributed by atoms with van der Waals surface area (Å²) in [5.41, 5.74) is 0.486. The van der Waals surface area contributed by atoms with Crippen molar-refractivity contribution in [1.29, 1.82) is 0 Å². The van der Waals surface area contributed by atoms with Crippen LogP contribution in [0.2, 0.25) is 0 Å². The molecule has 0 atom stereocenters. The summed E-state index contributed by atoms with van der Waals surface area (Å²) in [7, 11) is 0. The zero-order chi connectivity index (χ0) is 73.8. The number of allylic oxidation sites excluding steroid dienone is 7. The Labute approximate surface area is 527 Å². The maximum atomic E-state index is 10.9. The molecule has 500 valence electrons. The standard InChI is InChI=1S/2C9H8O3.C8H6O4.C7H8O3.C6H6O6.3C6H8O3.C5H6O3/c1-6(10)7-2-4-8(5-3-7)9(11)12;1-6(10)7-4-2-3-5-8(7)9(11)12;9-7(10)5-2-1-3-6(4-5)8(11)12;1-6(8)4-2-3-5-7(9)10;7-4(8)1-3(6(11)12)2-5(9)10;2*1-4(6(8)9)3-5(2)7;1-5(7)3-2-4-6(8)9;1-4(6)2-3-5(7)8/h2*2-5H,1H3,(H,11,12);1-4H,(H,9,10)(H,11,12);2-5H,1H3,(H,9,10);1H,2H2,(H,7,8)(H,9,10)(H,11,12);2*3H,1-2H3,(H,8,9);2,4H,3H2,1H3,(H,8,9);2-3H,1H3,(H,7,8)/b;;;4-2+,5-3+;3-1-;4-3+;4-3-;4-2+;3-2-. The zero-order valence-corrected chi connectivity index (χ0v) is 50.8. The van der Waals surface area contributed by atoms with E-state index in [-0.39, 0.29) is 85.9 Å². The van der Waals surface area contributed by atoms with Crippen LogP contribution in [0.4, 0.5) is 0 Å². The molecule has 0 aliphatic heterocycles. The molecule has 31 heteroatoms. The van der Waals surface area contributed by atoms with Crippen molar-refractivity contribution in [2.75, 3.05) is 0 Å². The van der Waals surface area contributed by atoms with Crippen molar-refractivity contribution in [3.05, 3.63) is 190 Å². The van der Waals surface area contributed by atoms with Crippen molar-refractivity contribution in [2.45, 2.75) is 75.2 Å². The minimum absolute atomic E-state index is 0.0186. The molecule has 31 nitrogen and oxygen atoms in total. The molecule has 0 unspecified atom stereocenters. The summed E-state index contributed by atoms with van der Waals surface area (Å²) in [6.07, 6.45) is 10.9. The lowest BCUT2D eigenvalue weighted by Crippen LogP contribution is -2.08. The summed E-state index contributed by atoms with van der Waals surface area (Å²) in [6, 6.07) is 17.2. The Morgan fingerprint density at radius 2 is 0.720 bits per heavy atom. The number of hydrogen-bond acceptors (Lipinski definition) is 19. The molecule has 0 fully saturated rings. The van der Waals surface area contributed by atoms with E-state index < -0.39 is 83.6 Å². The summed E-state index contributed by atoms with van der Waals surface area (Å²) in [6.45, 7) is 12.3. The number of aromatic carboxylic acids is 4. The van der Waals surface area contributed by atoms with E-state index in [4.69, 9.17) is 61.3 Å². The van der Waals surface area contributed by atoms with Gasteiger partial charge in [0.25, 0.3) is 0 Å². The maximum Gasteiger partial charge on any atom is 0.336 e. The second-order valence-electron chi connectivity index (χ2n) is 17.0. The molecule has 0 heterocycles. The highest BCUT2D eigenvalue weighted by molar-refractivity contribution is 6.05. The highest BCUT2D eigenvalue weighted by Gasteiger charge is 2.14. The van der Waals surface area contributed by atoms with Gasteiger partial charge >= 0.3 is 71.6 Å². The van der Waals surface area contributed by atoms with Crippen LogP contribution in [0.5, 0.6) is 0 Å². The summed E-state index contributed by atoms with van der Waals surface area (Å²) in [5, 5.41) is 99.2. The van der Waals surface area contributed by atoms with Gasteiger partial charge in [-0.3, -0.25) is 38.4 Å². The lowest BCUT2D eigenvalue weighted by Gasteiger charge is -1.99. The zero-order valence-electron chi connectivity index (χ0n) is 50.8. The van der Waals surface area contributed by atoms with Gasteiger partial charge in [0, 0.05) is 53.0 Å². The van der Waals surface area contributed by atoms with Crippen LogP contribution in [0.15, 0.2) is 156 Å². The predicted octanol–water partition coefficient (Wildman–Crippen LogP) is 6.62. The van der Waals surface area contributed by atoms with Crippen molar-refractivity contribution in [1.82, 2.24) is 0 Å². The number of carboxylic acids is 12. The molecule has 93 heavy (non-hydrogen) atoms. The van der Waals surface area contributed by atoms with E-state index in [1.807, 2.05) is 0 Å². The van der Waals surface area contributed by atoms with E-state index in [2.05, 4.69) is 0 Å². The number of ketones is 7. The average molecular weight is 1310 g/mol. The van der Waals surface area contributed by atoms with Crippen molar-refractivity contribution in [3.8, 4) is 0 Å².